The Morgan fingerprint density at radius 1 is 1.03 bits per heavy atom. The van der Waals surface area contributed by atoms with Crippen LogP contribution in [0.1, 0.15) is 25.3 Å². The minimum atomic E-state index is -5.28. The predicted molar refractivity (Wildman–Crippen MR) is 127 cm³/mol. The predicted octanol–water partition coefficient (Wildman–Crippen LogP) is 2.96. The third-order valence-electron chi connectivity index (χ3n) is 5.98. The van der Waals surface area contributed by atoms with Crippen molar-refractivity contribution in [2.75, 3.05) is 0 Å². The number of aliphatic hydroxyl groups is 1. The summed E-state index contributed by atoms with van der Waals surface area (Å²) in [6, 6.07) is 15.4. The third-order valence-corrected chi connectivity index (χ3v) is 5.98. The van der Waals surface area contributed by atoms with E-state index in [0.29, 0.717) is 25.3 Å². The van der Waals surface area contributed by atoms with Crippen molar-refractivity contribution in [3.63, 3.8) is 0 Å². The lowest BCUT2D eigenvalue weighted by Gasteiger charge is -2.34. The Hall–Kier alpha value is -3.86. The first-order valence-corrected chi connectivity index (χ1v) is 11.6. The molecule has 0 aromatic heterocycles. The van der Waals surface area contributed by atoms with E-state index in [1.54, 1.807) is 6.92 Å². The maximum Gasteiger partial charge on any atom is 0.471 e. The zero-order valence-electron chi connectivity index (χ0n) is 19.9. The number of amides is 2. The number of aliphatic hydroxyl groups excluding tert-OH is 1. The van der Waals surface area contributed by atoms with Crippen LogP contribution < -0.4 is 10.6 Å². The summed E-state index contributed by atoms with van der Waals surface area (Å²) >= 11 is 0. The highest BCUT2D eigenvalue weighted by atomic mass is 19.4. The van der Waals surface area contributed by atoms with Crippen LogP contribution in [0.3, 0.4) is 0 Å². The number of halogens is 3. The number of ether oxygens (including phenoxy) is 1. The summed E-state index contributed by atoms with van der Waals surface area (Å²) in [6.07, 6.45) is -6.92. The van der Waals surface area contributed by atoms with Crippen molar-refractivity contribution in [3.8, 4) is 11.1 Å². The molecule has 0 saturated heterocycles. The Bertz CT molecular complexity index is 1140. The van der Waals surface area contributed by atoms with Gasteiger partial charge < -0.3 is 25.6 Å². The smallest absolute Gasteiger partial charge is 0.471 e. The van der Waals surface area contributed by atoms with Gasteiger partial charge in [0.15, 0.2) is 6.10 Å². The molecule has 2 aromatic carbocycles. The number of carbonyl (C=O) groups excluding carboxylic acids is 2. The summed E-state index contributed by atoms with van der Waals surface area (Å²) in [5.74, 6) is -5.78. The quantitative estimate of drug-likeness (QED) is 0.403. The fourth-order valence-electron chi connectivity index (χ4n) is 3.92. The second-order valence-corrected chi connectivity index (χ2v) is 8.58. The lowest BCUT2D eigenvalue weighted by atomic mass is 9.97. The molecule has 0 bridgehead atoms. The molecule has 0 aliphatic carbocycles. The summed E-state index contributed by atoms with van der Waals surface area (Å²) in [4.78, 5) is 35.7. The van der Waals surface area contributed by atoms with Gasteiger partial charge in [-0.3, -0.25) is 9.59 Å². The number of hydrogen-bond donors (Lipinski definition) is 4. The average Bonchev–Trinajstić information content (AvgIpc) is 2.87. The van der Waals surface area contributed by atoms with Crippen LogP contribution in [0.25, 0.3) is 11.1 Å². The van der Waals surface area contributed by atoms with Gasteiger partial charge in [-0.25, -0.2) is 4.79 Å². The number of carboxylic acid groups (broad SMARTS) is 1. The van der Waals surface area contributed by atoms with Gasteiger partial charge in [0.2, 0.25) is 5.76 Å². The Labute approximate surface area is 211 Å². The molecule has 3 rings (SSSR count). The number of carboxylic acids is 1. The Morgan fingerprint density at radius 3 is 2.22 bits per heavy atom. The Morgan fingerprint density at radius 2 is 1.65 bits per heavy atom. The van der Waals surface area contributed by atoms with Crippen LogP contribution in [0.15, 0.2) is 66.4 Å². The number of alkyl halides is 3. The first-order valence-electron chi connectivity index (χ1n) is 11.6. The van der Waals surface area contributed by atoms with E-state index in [1.165, 1.54) is 5.32 Å². The van der Waals surface area contributed by atoms with Gasteiger partial charge >= 0.3 is 18.1 Å². The van der Waals surface area contributed by atoms with E-state index in [4.69, 9.17) is 4.74 Å². The van der Waals surface area contributed by atoms with E-state index >= 15 is 0 Å². The number of carbonyl (C=O) groups is 3. The van der Waals surface area contributed by atoms with Crippen molar-refractivity contribution in [3.05, 3.63) is 72.0 Å². The van der Waals surface area contributed by atoms with Crippen LogP contribution in [-0.4, -0.2) is 58.5 Å². The first-order chi connectivity index (χ1) is 17.5. The zero-order chi connectivity index (χ0) is 27.2. The molecule has 198 valence electrons. The van der Waals surface area contributed by atoms with Crippen LogP contribution >= 0.6 is 0 Å². The van der Waals surface area contributed by atoms with Gasteiger partial charge in [-0.05, 0) is 42.0 Å². The standard InChI is InChI=1S/C26H27F3N2O6/c1-2-18(13-10-15-8-11-17(12-9-15)16-6-4-3-5-7-16)30-23(33)22-21(31-25(36)26(27,28)29)19(32)14-20(37-22)24(34)35/h3-9,11-12,14,18-19,21-22,32H,2,10,13H2,1H3,(H,30,33)(H,31,36)(H,34,35)/t18?,19-,21-,22-/m1/s1. The topological polar surface area (TPSA) is 125 Å². The van der Waals surface area contributed by atoms with Crippen molar-refractivity contribution >= 4 is 17.8 Å². The second-order valence-electron chi connectivity index (χ2n) is 8.58. The van der Waals surface area contributed by atoms with Gasteiger partial charge in [0.1, 0.15) is 12.1 Å². The SMILES string of the molecule is CCC(CCc1ccc(-c2ccccc2)cc1)NC(=O)[C@@H]1OC(C(=O)O)=C[C@@H](O)[C@H]1NC(=O)C(F)(F)F. The highest BCUT2D eigenvalue weighted by molar-refractivity contribution is 5.89. The van der Waals surface area contributed by atoms with E-state index in [1.807, 2.05) is 54.6 Å². The average molecular weight is 521 g/mol. The number of benzene rings is 2. The third kappa shape index (κ3) is 7.32. The van der Waals surface area contributed by atoms with E-state index in [2.05, 4.69) is 5.32 Å². The number of nitrogens with one attached hydrogen (secondary N) is 2. The fourth-order valence-corrected chi connectivity index (χ4v) is 3.92. The van der Waals surface area contributed by atoms with Gasteiger partial charge in [0.05, 0.1) is 0 Å². The summed E-state index contributed by atoms with van der Waals surface area (Å²) in [5.41, 5.74) is 3.12. The van der Waals surface area contributed by atoms with Crippen molar-refractivity contribution < 1.29 is 42.5 Å². The molecule has 11 heteroatoms. The Kier molecular flexibility index (Phi) is 8.93. The lowest BCUT2D eigenvalue weighted by Crippen LogP contribution is -2.61. The monoisotopic (exact) mass is 520 g/mol. The number of hydrogen-bond acceptors (Lipinski definition) is 5. The first kappa shape index (κ1) is 27.7. The molecule has 1 heterocycles. The minimum Gasteiger partial charge on any atom is -0.475 e. The van der Waals surface area contributed by atoms with E-state index in [9.17, 15) is 37.8 Å². The van der Waals surface area contributed by atoms with Crippen molar-refractivity contribution in [1.29, 1.82) is 0 Å². The highest BCUT2D eigenvalue weighted by Crippen LogP contribution is 2.23. The van der Waals surface area contributed by atoms with Gasteiger partial charge in [0.25, 0.3) is 5.91 Å². The van der Waals surface area contributed by atoms with Crippen LogP contribution in [0, 0.1) is 0 Å². The number of aryl methyl sites for hydroxylation is 1. The minimum absolute atomic E-state index is 0.430. The number of aliphatic carboxylic acids is 1. The lowest BCUT2D eigenvalue weighted by molar-refractivity contribution is -0.177. The molecule has 0 spiro atoms. The van der Waals surface area contributed by atoms with Crippen LogP contribution in [0.2, 0.25) is 0 Å². The van der Waals surface area contributed by atoms with Crippen molar-refractivity contribution in [2.45, 2.75) is 56.7 Å². The molecule has 0 fully saturated rings. The van der Waals surface area contributed by atoms with Gasteiger partial charge in [-0.15, -0.1) is 0 Å². The van der Waals surface area contributed by atoms with Crippen LogP contribution in [-0.2, 0) is 25.5 Å². The molecule has 4 N–H and O–H groups in total. The summed E-state index contributed by atoms with van der Waals surface area (Å²) in [6.45, 7) is 1.80. The summed E-state index contributed by atoms with van der Waals surface area (Å²) in [7, 11) is 0. The maximum absolute atomic E-state index is 12.9. The summed E-state index contributed by atoms with van der Waals surface area (Å²) < 4.78 is 43.4. The molecule has 1 aliphatic rings. The molecule has 37 heavy (non-hydrogen) atoms. The molecule has 4 atom stereocenters. The van der Waals surface area contributed by atoms with Crippen LogP contribution in [0.4, 0.5) is 13.2 Å². The normalized spacial score (nSPS) is 20.2. The van der Waals surface area contributed by atoms with E-state index in [0.717, 1.165) is 16.7 Å². The molecule has 0 saturated carbocycles. The maximum atomic E-state index is 12.9. The zero-order valence-corrected chi connectivity index (χ0v) is 19.9. The molecule has 1 aliphatic heterocycles. The molecule has 1 unspecified atom stereocenters. The van der Waals surface area contributed by atoms with E-state index < -0.39 is 54.0 Å². The molecule has 8 nitrogen and oxygen atoms in total. The molecule has 2 amide bonds. The highest BCUT2D eigenvalue weighted by Gasteiger charge is 2.46. The van der Waals surface area contributed by atoms with Gasteiger partial charge in [-0.1, -0.05) is 61.5 Å². The van der Waals surface area contributed by atoms with Crippen molar-refractivity contribution in [1.82, 2.24) is 10.6 Å². The van der Waals surface area contributed by atoms with Gasteiger partial charge in [-0.2, -0.15) is 13.2 Å². The molecule has 0 radical (unpaired) electrons. The van der Waals surface area contributed by atoms with Crippen LogP contribution in [0.5, 0.6) is 0 Å². The fraction of sp³-hybridized carbons (Fsp3) is 0.346. The molecular weight excluding hydrogens is 493 g/mol. The second kappa shape index (κ2) is 11.9. The van der Waals surface area contributed by atoms with Crippen molar-refractivity contribution in [2.24, 2.45) is 0 Å². The number of rotatable bonds is 9. The molecule has 2 aromatic rings. The van der Waals surface area contributed by atoms with Gasteiger partial charge in [0, 0.05) is 6.04 Å². The summed E-state index contributed by atoms with van der Waals surface area (Å²) in [5, 5.41) is 23.5. The Balaban J connectivity index is 1.67. The van der Waals surface area contributed by atoms with E-state index in [-0.39, 0.29) is 0 Å². The largest absolute Gasteiger partial charge is 0.475 e. The molecular formula is C26H27F3N2O6.